The van der Waals surface area contributed by atoms with E-state index in [1.165, 1.54) is 12.2 Å². The van der Waals surface area contributed by atoms with E-state index in [-0.39, 0.29) is 6.10 Å². The zero-order chi connectivity index (χ0) is 12.8. The molecule has 0 aromatic heterocycles. The SMILES string of the molecule is CSCCCN(C)CC1CNc2ccccc2O1. The van der Waals surface area contributed by atoms with Crippen molar-refractivity contribution in [2.75, 3.05) is 44.0 Å². The highest BCUT2D eigenvalue weighted by molar-refractivity contribution is 7.98. The first-order chi connectivity index (χ1) is 8.79. The van der Waals surface area contributed by atoms with Crippen LogP contribution in [0.2, 0.25) is 0 Å². The fraction of sp³-hybridized carbons (Fsp3) is 0.571. The molecule has 0 saturated heterocycles. The number of fused-ring (bicyclic) bond motifs is 1. The first-order valence-electron chi connectivity index (χ1n) is 6.46. The topological polar surface area (TPSA) is 24.5 Å². The van der Waals surface area contributed by atoms with Gasteiger partial charge in [-0.05, 0) is 44.2 Å². The minimum absolute atomic E-state index is 0.249. The molecule has 0 saturated carbocycles. The van der Waals surface area contributed by atoms with E-state index in [9.17, 15) is 0 Å². The number of ether oxygens (including phenoxy) is 1. The predicted molar refractivity (Wildman–Crippen MR) is 79.8 cm³/mol. The number of hydrogen-bond donors (Lipinski definition) is 1. The third-order valence-electron chi connectivity index (χ3n) is 3.10. The Bertz CT molecular complexity index is 373. The minimum atomic E-state index is 0.249. The molecule has 0 radical (unpaired) electrons. The summed E-state index contributed by atoms with van der Waals surface area (Å²) in [5.74, 6) is 2.21. The van der Waals surface area contributed by atoms with Gasteiger partial charge in [-0.3, -0.25) is 0 Å². The Morgan fingerprint density at radius 3 is 3.11 bits per heavy atom. The summed E-state index contributed by atoms with van der Waals surface area (Å²) in [4.78, 5) is 2.36. The first-order valence-corrected chi connectivity index (χ1v) is 7.86. The summed E-state index contributed by atoms with van der Waals surface area (Å²) in [6, 6.07) is 8.14. The zero-order valence-corrected chi connectivity index (χ0v) is 12.0. The fourth-order valence-corrected chi connectivity index (χ4v) is 2.60. The van der Waals surface area contributed by atoms with Crippen LogP contribution in [0.4, 0.5) is 5.69 Å². The molecule has 1 aliphatic heterocycles. The highest BCUT2D eigenvalue weighted by Crippen LogP contribution is 2.28. The molecule has 1 aromatic rings. The number of hydrogen-bond acceptors (Lipinski definition) is 4. The molecule has 18 heavy (non-hydrogen) atoms. The second-order valence-corrected chi connectivity index (χ2v) is 5.71. The number of thioether (sulfide) groups is 1. The third kappa shape index (κ3) is 3.82. The summed E-state index contributed by atoms with van der Waals surface area (Å²) in [6.45, 7) is 3.02. The van der Waals surface area contributed by atoms with E-state index in [2.05, 4.69) is 29.6 Å². The molecular formula is C14H22N2OS. The van der Waals surface area contributed by atoms with Crippen molar-refractivity contribution in [3.63, 3.8) is 0 Å². The number of anilines is 1. The summed E-state index contributed by atoms with van der Waals surface area (Å²) >= 11 is 1.91. The lowest BCUT2D eigenvalue weighted by molar-refractivity contribution is 0.151. The second-order valence-electron chi connectivity index (χ2n) is 4.73. The number of rotatable bonds is 6. The van der Waals surface area contributed by atoms with Gasteiger partial charge in [0.15, 0.2) is 0 Å². The van der Waals surface area contributed by atoms with Gasteiger partial charge in [0.05, 0.1) is 12.2 Å². The highest BCUT2D eigenvalue weighted by Gasteiger charge is 2.19. The van der Waals surface area contributed by atoms with Crippen LogP contribution in [0.5, 0.6) is 5.75 Å². The summed E-state index contributed by atoms with van der Waals surface area (Å²) < 4.78 is 6.00. The molecule has 2 rings (SSSR count). The molecule has 0 bridgehead atoms. The van der Waals surface area contributed by atoms with Crippen LogP contribution in [0.15, 0.2) is 24.3 Å². The third-order valence-corrected chi connectivity index (χ3v) is 3.80. The van der Waals surface area contributed by atoms with Crippen LogP contribution in [0.3, 0.4) is 0 Å². The standard InChI is InChI=1S/C14H22N2OS/c1-16(8-5-9-18-2)11-12-10-15-13-6-3-4-7-14(13)17-12/h3-4,6-7,12,15H,5,8-11H2,1-2H3. The van der Waals surface area contributed by atoms with Crippen molar-refractivity contribution in [2.45, 2.75) is 12.5 Å². The van der Waals surface area contributed by atoms with Gasteiger partial charge in [-0.25, -0.2) is 0 Å². The second kappa shape index (κ2) is 6.90. The van der Waals surface area contributed by atoms with E-state index in [1.54, 1.807) is 0 Å². The van der Waals surface area contributed by atoms with Gasteiger partial charge in [-0.1, -0.05) is 12.1 Å². The maximum absolute atomic E-state index is 6.00. The fourth-order valence-electron chi connectivity index (χ4n) is 2.18. The van der Waals surface area contributed by atoms with Gasteiger partial charge in [0.25, 0.3) is 0 Å². The Morgan fingerprint density at radius 1 is 1.44 bits per heavy atom. The van der Waals surface area contributed by atoms with Crippen molar-refractivity contribution in [3.05, 3.63) is 24.3 Å². The first kappa shape index (κ1) is 13.6. The number of para-hydroxylation sites is 2. The lowest BCUT2D eigenvalue weighted by atomic mass is 10.2. The van der Waals surface area contributed by atoms with E-state index in [0.717, 1.165) is 31.1 Å². The molecule has 1 N–H and O–H groups in total. The summed E-state index contributed by atoms with van der Waals surface area (Å²) in [7, 11) is 2.17. The Balaban J connectivity index is 1.79. The van der Waals surface area contributed by atoms with E-state index in [0.29, 0.717) is 0 Å². The van der Waals surface area contributed by atoms with Crippen LogP contribution < -0.4 is 10.1 Å². The van der Waals surface area contributed by atoms with Crippen molar-refractivity contribution in [2.24, 2.45) is 0 Å². The van der Waals surface area contributed by atoms with Gasteiger partial charge in [0, 0.05) is 6.54 Å². The number of benzene rings is 1. The molecule has 1 atom stereocenters. The average Bonchev–Trinajstić information content (AvgIpc) is 2.39. The van der Waals surface area contributed by atoms with Crippen LogP contribution in [0.1, 0.15) is 6.42 Å². The Hall–Kier alpha value is -0.870. The molecule has 100 valence electrons. The maximum Gasteiger partial charge on any atom is 0.142 e. The molecule has 1 heterocycles. The van der Waals surface area contributed by atoms with Crippen LogP contribution in [-0.4, -0.2) is 49.7 Å². The largest absolute Gasteiger partial charge is 0.485 e. The molecule has 1 aliphatic rings. The molecule has 0 amide bonds. The average molecular weight is 266 g/mol. The predicted octanol–water partition coefficient (Wildman–Crippen LogP) is 2.54. The van der Waals surface area contributed by atoms with Gasteiger partial charge < -0.3 is 15.0 Å². The minimum Gasteiger partial charge on any atom is -0.485 e. The van der Waals surface area contributed by atoms with Gasteiger partial charge in [-0.2, -0.15) is 11.8 Å². The zero-order valence-electron chi connectivity index (χ0n) is 11.2. The Kier molecular flexibility index (Phi) is 5.20. The van der Waals surface area contributed by atoms with Crippen molar-refractivity contribution in [1.82, 2.24) is 4.90 Å². The van der Waals surface area contributed by atoms with Crippen LogP contribution in [0.25, 0.3) is 0 Å². The quantitative estimate of drug-likeness (QED) is 0.800. The van der Waals surface area contributed by atoms with E-state index < -0.39 is 0 Å². The molecule has 0 aliphatic carbocycles. The Morgan fingerprint density at radius 2 is 2.28 bits per heavy atom. The van der Waals surface area contributed by atoms with Crippen molar-refractivity contribution < 1.29 is 4.74 Å². The molecular weight excluding hydrogens is 244 g/mol. The van der Waals surface area contributed by atoms with Crippen molar-refractivity contribution in [1.29, 1.82) is 0 Å². The molecule has 4 heteroatoms. The number of nitrogens with zero attached hydrogens (tertiary/aromatic N) is 1. The van der Waals surface area contributed by atoms with E-state index in [1.807, 2.05) is 30.0 Å². The van der Waals surface area contributed by atoms with Gasteiger partial charge in [0.1, 0.15) is 11.9 Å². The summed E-state index contributed by atoms with van der Waals surface area (Å²) in [6.07, 6.45) is 3.65. The van der Waals surface area contributed by atoms with Crippen molar-refractivity contribution in [3.8, 4) is 5.75 Å². The normalized spacial score (nSPS) is 18.1. The van der Waals surface area contributed by atoms with Crippen LogP contribution in [0, 0.1) is 0 Å². The van der Waals surface area contributed by atoms with Crippen LogP contribution >= 0.6 is 11.8 Å². The Labute approximate surface area is 114 Å². The van der Waals surface area contributed by atoms with Gasteiger partial charge >= 0.3 is 0 Å². The molecule has 1 unspecified atom stereocenters. The van der Waals surface area contributed by atoms with Crippen LogP contribution in [-0.2, 0) is 0 Å². The monoisotopic (exact) mass is 266 g/mol. The summed E-state index contributed by atoms with van der Waals surface area (Å²) in [5, 5.41) is 3.43. The van der Waals surface area contributed by atoms with E-state index in [4.69, 9.17) is 4.74 Å². The summed E-state index contributed by atoms with van der Waals surface area (Å²) in [5.41, 5.74) is 1.11. The van der Waals surface area contributed by atoms with Crippen molar-refractivity contribution >= 4 is 17.4 Å². The lowest BCUT2D eigenvalue weighted by Crippen LogP contribution is -2.40. The molecule has 1 aromatic carbocycles. The van der Waals surface area contributed by atoms with E-state index >= 15 is 0 Å². The molecule has 3 nitrogen and oxygen atoms in total. The lowest BCUT2D eigenvalue weighted by Gasteiger charge is -2.30. The maximum atomic E-state index is 6.00. The highest BCUT2D eigenvalue weighted by atomic mass is 32.2. The number of likely N-dealkylation sites (N-methyl/N-ethyl adjacent to an activating group) is 1. The molecule has 0 fully saturated rings. The number of nitrogens with one attached hydrogen (secondary N) is 1. The van der Waals surface area contributed by atoms with Gasteiger partial charge in [-0.15, -0.1) is 0 Å². The molecule has 0 spiro atoms. The smallest absolute Gasteiger partial charge is 0.142 e. The van der Waals surface area contributed by atoms with Gasteiger partial charge in [0.2, 0.25) is 0 Å².